The van der Waals surface area contributed by atoms with Crippen molar-refractivity contribution in [1.82, 2.24) is 15.2 Å². The molecule has 7 nitrogen and oxygen atoms in total. The van der Waals surface area contributed by atoms with Crippen molar-refractivity contribution >= 4 is 17.9 Å². The summed E-state index contributed by atoms with van der Waals surface area (Å²) < 4.78 is 7.71. The van der Waals surface area contributed by atoms with E-state index >= 15 is 0 Å². The Morgan fingerprint density at radius 1 is 1.03 bits per heavy atom. The van der Waals surface area contributed by atoms with E-state index in [0.717, 1.165) is 29.3 Å². The molecule has 1 heterocycles. The Bertz CT molecular complexity index is 1120. The van der Waals surface area contributed by atoms with Gasteiger partial charge in [0.25, 0.3) is 11.8 Å². The summed E-state index contributed by atoms with van der Waals surface area (Å²) in [7, 11) is 0. The highest BCUT2D eigenvalue weighted by molar-refractivity contribution is 6.05. The number of benzene rings is 2. The highest BCUT2D eigenvalue weighted by Gasteiger charge is 2.20. The zero-order valence-electron chi connectivity index (χ0n) is 18.9. The number of aliphatic hydroxyl groups is 1. The van der Waals surface area contributed by atoms with Gasteiger partial charge in [0.1, 0.15) is 11.4 Å². The zero-order valence-corrected chi connectivity index (χ0v) is 18.9. The maximum Gasteiger partial charge on any atom is 0.267 e. The van der Waals surface area contributed by atoms with Crippen LogP contribution in [0.3, 0.4) is 0 Å². The normalized spacial score (nSPS) is 13.4. The molecule has 7 heteroatoms. The van der Waals surface area contributed by atoms with E-state index < -0.39 is 11.8 Å². The van der Waals surface area contributed by atoms with Crippen LogP contribution in [0.2, 0.25) is 0 Å². The molecule has 1 aromatic heterocycles. The van der Waals surface area contributed by atoms with Crippen LogP contribution in [-0.4, -0.2) is 41.2 Å². The highest BCUT2D eigenvalue weighted by atomic mass is 16.5. The van der Waals surface area contributed by atoms with Gasteiger partial charge in [-0.05, 0) is 72.5 Å². The number of hydrogen-bond donors (Lipinski definition) is 3. The lowest BCUT2D eigenvalue weighted by Crippen LogP contribution is -2.36. The summed E-state index contributed by atoms with van der Waals surface area (Å²) >= 11 is 0. The fraction of sp³-hybridized carbons (Fsp3) is 0.259. The van der Waals surface area contributed by atoms with Crippen molar-refractivity contribution in [2.75, 3.05) is 19.8 Å². The molecule has 1 aliphatic carbocycles. The van der Waals surface area contributed by atoms with Crippen LogP contribution in [0.5, 0.6) is 5.75 Å². The Labute approximate surface area is 199 Å². The molecule has 176 valence electrons. The van der Waals surface area contributed by atoms with Gasteiger partial charge < -0.3 is 25.0 Å². The van der Waals surface area contributed by atoms with Crippen molar-refractivity contribution in [1.29, 1.82) is 0 Å². The molecule has 1 saturated carbocycles. The molecule has 0 atom stereocenters. The SMILES string of the molecule is O=C(NCCO)C(=Cc1ccc(-n2cccc2)cc1)NC(=O)c1ccc(OCCC2CC2)cc1. The van der Waals surface area contributed by atoms with E-state index in [1.54, 1.807) is 30.3 Å². The molecular formula is C27H29N3O4. The highest BCUT2D eigenvalue weighted by Crippen LogP contribution is 2.32. The van der Waals surface area contributed by atoms with Crippen molar-refractivity contribution in [3.8, 4) is 11.4 Å². The predicted octanol–water partition coefficient (Wildman–Crippen LogP) is 3.54. The molecule has 34 heavy (non-hydrogen) atoms. The minimum Gasteiger partial charge on any atom is -0.494 e. The van der Waals surface area contributed by atoms with Crippen LogP contribution in [-0.2, 0) is 4.79 Å². The number of rotatable bonds is 11. The summed E-state index contributed by atoms with van der Waals surface area (Å²) in [6.07, 6.45) is 9.15. The summed E-state index contributed by atoms with van der Waals surface area (Å²) in [4.78, 5) is 25.5. The molecule has 2 aromatic carbocycles. The minimum absolute atomic E-state index is 0.0888. The van der Waals surface area contributed by atoms with Gasteiger partial charge in [-0.15, -0.1) is 0 Å². The zero-order chi connectivity index (χ0) is 23.8. The van der Waals surface area contributed by atoms with Crippen molar-refractivity contribution in [2.24, 2.45) is 5.92 Å². The number of nitrogens with one attached hydrogen (secondary N) is 2. The second-order valence-corrected chi connectivity index (χ2v) is 8.28. The summed E-state index contributed by atoms with van der Waals surface area (Å²) in [6.45, 7) is 0.573. The molecule has 0 spiro atoms. The molecular weight excluding hydrogens is 430 g/mol. The number of carbonyl (C=O) groups is 2. The van der Waals surface area contributed by atoms with Gasteiger partial charge in [-0.3, -0.25) is 9.59 Å². The minimum atomic E-state index is -0.475. The topological polar surface area (TPSA) is 92.6 Å². The van der Waals surface area contributed by atoms with E-state index in [4.69, 9.17) is 9.84 Å². The summed E-state index contributed by atoms with van der Waals surface area (Å²) in [5.74, 6) is 0.643. The lowest BCUT2D eigenvalue weighted by atomic mass is 10.1. The third-order valence-electron chi connectivity index (χ3n) is 5.61. The number of ether oxygens (including phenoxy) is 1. The van der Waals surface area contributed by atoms with Gasteiger partial charge in [0.05, 0.1) is 13.2 Å². The van der Waals surface area contributed by atoms with Gasteiger partial charge >= 0.3 is 0 Å². The number of nitrogens with zero attached hydrogens (tertiary/aromatic N) is 1. The standard InChI is InChI=1S/C27H29N3O4/c31-17-14-28-27(33)25(19-21-5-9-23(10-6-21)30-15-1-2-16-30)29-26(32)22-7-11-24(12-8-22)34-18-13-20-3-4-20/h1-2,5-12,15-16,19-20,31H,3-4,13-14,17-18H2,(H,28,33)(H,29,32). The molecule has 3 aromatic rings. The smallest absolute Gasteiger partial charge is 0.267 e. The van der Waals surface area contributed by atoms with E-state index in [2.05, 4.69) is 10.6 Å². The van der Waals surface area contributed by atoms with Crippen LogP contribution in [0.25, 0.3) is 11.8 Å². The number of aliphatic hydroxyl groups excluding tert-OH is 1. The molecule has 0 unspecified atom stereocenters. The van der Waals surface area contributed by atoms with Crippen LogP contribution >= 0.6 is 0 Å². The fourth-order valence-corrected chi connectivity index (χ4v) is 3.49. The van der Waals surface area contributed by atoms with Crippen LogP contribution in [0.15, 0.2) is 78.8 Å². The second-order valence-electron chi connectivity index (χ2n) is 8.28. The van der Waals surface area contributed by atoms with E-state index in [1.807, 2.05) is 53.4 Å². The van der Waals surface area contributed by atoms with Gasteiger partial charge in [-0.25, -0.2) is 0 Å². The van der Waals surface area contributed by atoms with Crippen molar-refractivity contribution in [3.05, 3.63) is 89.9 Å². The molecule has 3 N–H and O–H groups in total. The molecule has 0 bridgehead atoms. The fourth-order valence-electron chi connectivity index (χ4n) is 3.49. The first-order valence-corrected chi connectivity index (χ1v) is 11.5. The first-order chi connectivity index (χ1) is 16.6. The van der Waals surface area contributed by atoms with Crippen LogP contribution in [0.1, 0.15) is 35.2 Å². The maximum atomic E-state index is 12.8. The van der Waals surface area contributed by atoms with Crippen molar-refractivity contribution < 1.29 is 19.4 Å². The van der Waals surface area contributed by atoms with E-state index in [1.165, 1.54) is 12.8 Å². The number of aromatic nitrogens is 1. The number of hydrogen-bond acceptors (Lipinski definition) is 4. The van der Waals surface area contributed by atoms with Gasteiger partial charge in [-0.1, -0.05) is 25.0 Å². The summed E-state index contributed by atoms with van der Waals surface area (Å²) in [6, 6.07) is 18.4. The Morgan fingerprint density at radius 2 is 1.74 bits per heavy atom. The van der Waals surface area contributed by atoms with Crippen molar-refractivity contribution in [2.45, 2.75) is 19.3 Å². The average molecular weight is 460 g/mol. The van der Waals surface area contributed by atoms with Gasteiger partial charge in [0.15, 0.2) is 0 Å². The van der Waals surface area contributed by atoms with E-state index in [-0.39, 0.29) is 18.8 Å². The summed E-state index contributed by atoms with van der Waals surface area (Å²) in [5, 5.41) is 14.3. The van der Waals surface area contributed by atoms with Crippen LogP contribution in [0, 0.1) is 5.92 Å². The first-order valence-electron chi connectivity index (χ1n) is 11.5. The first kappa shape index (κ1) is 23.3. The molecule has 0 aliphatic heterocycles. The monoisotopic (exact) mass is 459 g/mol. The third kappa shape index (κ3) is 6.59. The van der Waals surface area contributed by atoms with Gasteiger partial charge in [0, 0.05) is 30.2 Å². The Hall–Kier alpha value is -3.84. The third-order valence-corrected chi connectivity index (χ3v) is 5.61. The molecule has 1 fully saturated rings. The average Bonchev–Trinajstić information content (AvgIpc) is 3.52. The largest absolute Gasteiger partial charge is 0.494 e. The predicted molar refractivity (Wildman–Crippen MR) is 131 cm³/mol. The molecule has 1 aliphatic rings. The Balaban J connectivity index is 1.44. The quantitative estimate of drug-likeness (QED) is 0.383. The molecule has 2 amide bonds. The van der Waals surface area contributed by atoms with Gasteiger partial charge in [-0.2, -0.15) is 0 Å². The summed E-state index contributed by atoms with van der Waals surface area (Å²) in [5.41, 5.74) is 2.25. The lowest BCUT2D eigenvalue weighted by molar-refractivity contribution is -0.117. The molecule has 0 saturated heterocycles. The number of amides is 2. The number of carbonyl (C=O) groups excluding carboxylic acids is 2. The molecule has 0 radical (unpaired) electrons. The Kier molecular flexibility index (Phi) is 7.78. The van der Waals surface area contributed by atoms with Crippen molar-refractivity contribution in [3.63, 3.8) is 0 Å². The Morgan fingerprint density at radius 3 is 2.38 bits per heavy atom. The van der Waals surface area contributed by atoms with E-state index in [9.17, 15) is 9.59 Å². The van der Waals surface area contributed by atoms with Crippen LogP contribution < -0.4 is 15.4 Å². The second kappa shape index (κ2) is 11.3. The van der Waals surface area contributed by atoms with E-state index in [0.29, 0.717) is 12.2 Å². The lowest BCUT2D eigenvalue weighted by Gasteiger charge is -2.12. The molecule has 4 rings (SSSR count). The van der Waals surface area contributed by atoms with Gasteiger partial charge in [0.2, 0.25) is 0 Å². The van der Waals surface area contributed by atoms with Crippen LogP contribution in [0.4, 0.5) is 0 Å². The maximum absolute atomic E-state index is 12.8.